The molecule has 0 heterocycles. The van der Waals surface area contributed by atoms with E-state index in [2.05, 4.69) is 0 Å². The predicted octanol–water partition coefficient (Wildman–Crippen LogP) is 4.45. The Morgan fingerprint density at radius 3 is 0.294 bits per heavy atom. The van der Waals surface area contributed by atoms with Crippen LogP contribution >= 0.6 is 0 Å². The van der Waals surface area contributed by atoms with Gasteiger partial charge in [0.25, 0.3) is 0 Å². The molecule has 0 atom stereocenters. The summed E-state index contributed by atoms with van der Waals surface area (Å²) in [5, 5.41) is 0. The van der Waals surface area contributed by atoms with Gasteiger partial charge in [-0.3, -0.25) is 0 Å². The van der Waals surface area contributed by atoms with Gasteiger partial charge in [0.2, 0.25) is 0 Å². The molecule has 0 aromatic rings. The zero-order valence-corrected chi connectivity index (χ0v) is 10.9. The summed E-state index contributed by atoms with van der Waals surface area (Å²) in [5.41, 5.74) is 0. The molecule has 0 unspecified atom stereocenters. The van der Waals surface area contributed by atoms with E-state index in [0.717, 1.165) is 0 Å². The molecule has 0 aliphatic heterocycles. The second-order valence-corrected chi connectivity index (χ2v) is 3.08. The summed E-state index contributed by atoms with van der Waals surface area (Å²) >= 11 is 0. The Labute approximate surface area is 115 Å². The van der Waals surface area contributed by atoms with Crippen LogP contribution in [0.2, 0.25) is 0 Å². The molecule has 0 bridgehead atoms. The van der Waals surface area contributed by atoms with Gasteiger partial charge in [-0.1, -0.05) is 97.2 Å². The maximum Gasteiger partial charge on any atom is 0 e. The number of rotatable bonds is 0. The molecule has 1 heteroatoms. The van der Waals surface area contributed by atoms with Crippen molar-refractivity contribution in [1.29, 1.82) is 0 Å². The summed E-state index contributed by atoms with van der Waals surface area (Å²) in [6, 6.07) is 0. The standard InChI is InChI=1S/2C8H8.Cr/c2*1-2-4-6-8-7-5-3-1;/h2*1-8H;. The van der Waals surface area contributed by atoms with Crippen LogP contribution in [0.5, 0.6) is 0 Å². The van der Waals surface area contributed by atoms with Crippen molar-refractivity contribution in [3.8, 4) is 0 Å². The van der Waals surface area contributed by atoms with Crippen molar-refractivity contribution >= 4 is 0 Å². The van der Waals surface area contributed by atoms with Crippen molar-refractivity contribution < 1.29 is 17.4 Å². The molecule has 0 amide bonds. The molecule has 0 aromatic carbocycles. The van der Waals surface area contributed by atoms with E-state index in [1.807, 2.05) is 97.2 Å². The quantitative estimate of drug-likeness (QED) is 0.603. The Bertz CT molecular complexity index is 247. The monoisotopic (exact) mass is 260 g/mol. The molecule has 0 aromatic heterocycles. The fourth-order valence-corrected chi connectivity index (χ4v) is 1.03. The smallest absolute Gasteiger partial charge is 0 e. The molecule has 2 rings (SSSR count). The second-order valence-electron chi connectivity index (χ2n) is 3.08. The maximum atomic E-state index is 2.00. The summed E-state index contributed by atoms with van der Waals surface area (Å²) in [4.78, 5) is 0. The van der Waals surface area contributed by atoms with Gasteiger partial charge in [-0.2, -0.15) is 0 Å². The van der Waals surface area contributed by atoms with Crippen LogP contribution in [0, 0.1) is 0 Å². The van der Waals surface area contributed by atoms with Crippen molar-refractivity contribution in [2.24, 2.45) is 0 Å². The summed E-state index contributed by atoms with van der Waals surface area (Å²) in [7, 11) is 0. The Kier molecular flexibility index (Phi) is 11.4. The molecule has 0 fully saturated rings. The van der Waals surface area contributed by atoms with Crippen LogP contribution in [0.1, 0.15) is 0 Å². The fraction of sp³-hybridized carbons (Fsp3) is 0. The first-order chi connectivity index (χ1) is 8.00. The minimum Gasteiger partial charge on any atom is -0.0623 e. The molecule has 0 saturated heterocycles. The van der Waals surface area contributed by atoms with E-state index in [4.69, 9.17) is 0 Å². The average molecular weight is 260 g/mol. The number of allylic oxidation sites excluding steroid dienone is 16. The first-order valence-corrected chi connectivity index (χ1v) is 5.33. The molecule has 0 N–H and O–H groups in total. The van der Waals surface area contributed by atoms with Gasteiger partial charge < -0.3 is 0 Å². The Balaban J connectivity index is 0.000000284. The van der Waals surface area contributed by atoms with E-state index in [0.29, 0.717) is 0 Å². The third kappa shape index (κ3) is 10.7. The molecular weight excluding hydrogens is 244 g/mol. The summed E-state index contributed by atoms with van der Waals surface area (Å²) < 4.78 is 0. The molecule has 17 heavy (non-hydrogen) atoms. The SMILES string of the molecule is C1=CC=CC=CC=C1.C1=CC=CC=CC=C1.[Cr]. The second kappa shape index (κ2) is 12.5. The average Bonchev–Trinajstić information content (AvgIpc) is 2.15. The van der Waals surface area contributed by atoms with Gasteiger partial charge in [-0.15, -0.1) is 0 Å². The van der Waals surface area contributed by atoms with E-state index in [1.54, 1.807) is 0 Å². The first kappa shape index (κ1) is 15.5. The first-order valence-electron chi connectivity index (χ1n) is 5.33. The summed E-state index contributed by atoms with van der Waals surface area (Å²) in [6.07, 6.45) is 32.0. The van der Waals surface area contributed by atoms with Crippen molar-refractivity contribution in [3.05, 3.63) is 97.2 Å². The van der Waals surface area contributed by atoms with E-state index in [-0.39, 0.29) is 17.4 Å². The third-order valence-electron chi connectivity index (χ3n) is 1.78. The van der Waals surface area contributed by atoms with Crippen molar-refractivity contribution in [2.45, 2.75) is 0 Å². The van der Waals surface area contributed by atoms with Gasteiger partial charge in [0.15, 0.2) is 0 Å². The van der Waals surface area contributed by atoms with Crippen LogP contribution in [0.25, 0.3) is 0 Å². The van der Waals surface area contributed by atoms with Crippen molar-refractivity contribution in [1.82, 2.24) is 0 Å². The zero-order chi connectivity index (χ0) is 11.3. The normalized spacial score (nSPS) is 15.1. The Morgan fingerprint density at radius 2 is 0.235 bits per heavy atom. The minimum absolute atomic E-state index is 0. The van der Waals surface area contributed by atoms with Gasteiger partial charge >= 0.3 is 0 Å². The fourth-order valence-electron chi connectivity index (χ4n) is 1.03. The zero-order valence-electron chi connectivity index (χ0n) is 9.65. The third-order valence-corrected chi connectivity index (χ3v) is 1.78. The molecule has 2 aliphatic rings. The van der Waals surface area contributed by atoms with Crippen LogP contribution < -0.4 is 0 Å². The molecular formula is C16H16Cr. The summed E-state index contributed by atoms with van der Waals surface area (Å²) in [6.45, 7) is 0. The maximum absolute atomic E-state index is 2.00. The molecule has 2 aliphatic carbocycles. The molecule has 0 saturated carbocycles. The minimum atomic E-state index is 0. The number of hydrogen-bond donors (Lipinski definition) is 0. The topological polar surface area (TPSA) is 0 Å². The predicted molar refractivity (Wildman–Crippen MR) is 73.1 cm³/mol. The summed E-state index contributed by atoms with van der Waals surface area (Å²) in [5.74, 6) is 0. The van der Waals surface area contributed by atoms with Crippen LogP contribution in [-0.2, 0) is 17.4 Å². The largest absolute Gasteiger partial charge is 0.0623 e. The number of hydrogen-bond acceptors (Lipinski definition) is 0. The molecule has 0 spiro atoms. The van der Waals surface area contributed by atoms with E-state index in [1.165, 1.54) is 0 Å². The Morgan fingerprint density at radius 1 is 0.176 bits per heavy atom. The van der Waals surface area contributed by atoms with E-state index >= 15 is 0 Å². The van der Waals surface area contributed by atoms with Gasteiger partial charge in [-0.25, -0.2) is 0 Å². The molecule has 0 nitrogen and oxygen atoms in total. The van der Waals surface area contributed by atoms with Crippen molar-refractivity contribution in [2.75, 3.05) is 0 Å². The van der Waals surface area contributed by atoms with Crippen LogP contribution in [0.3, 0.4) is 0 Å². The van der Waals surface area contributed by atoms with Crippen LogP contribution in [0.4, 0.5) is 0 Å². The van der Waals surface area contributed by atoms with Gasteiger partial charge in [0.05, 0.1) is 0 Å². The van der Waals surface area contributed by atoms with E-state index in [9.17, 15) is 0 Å². The van der Waals surface area contributed by atoms with Gasteiger partial charge in [0.1, 0.15) is 0 Å². The molecule has 86 valence electrons. The van der Waals surface area contributed by atoms with Gasteiger partial charge in [-0.05, 0) is 0 Å². The Hall–Kier alpha value is -1.55. The van der Waals surface area contributed by atoms with Crippen LogP contribution in [0.15, 0.2) is 97.2 Å². The van der Waals surface area contributed by atoms with Crippen LogP contribution in [-0.4, -0.2) is 0 Å². The van der Waals surface area contributed by atoms with Gasteiger partial charge in [0, 0.05) is 17.4 Å². The molecule has 0 radical (unpaired) electrons. The van der Waals surface area contributed by atoms with E-state index < -0.39 is 0 Å². The van der Waals surface area contributed by atoms with Crippen molar-refractivity contribution in [3.63, 3.8) is 0 Å².